The minimum absolute atomic E-state index is 0.0580. The number of benzene rings is 2. The SMILES string of the molecule is CC12C(=O)N(c3ccc(F)c(Cl)c3)C(=O)C1CC1C(=CCC3C(=O)NC(=O)C31)C2c1ccc(O)cc1. The van der Waals surface area contributed by atoms with Crippen molar-refractivity contribution in [2.24, 2.45) is 29.1 Å². The fraction of sp³-hybridized carbons (Fsp3) is 0.333. The van der Waals surface area contributed by atoms with Crippen LogP contribution in [0.25, 0.3) is 0 Å². The highest BCUT2D eigenvalue weighted by Gasteiger charge is 2.67. The number of aromatic hydroxyl groups is 1. The largest absolute Gasteiger partial charge is 0.508 e. The Balaban J connectivity index is 1.53. The van der Waals surface area contributed by atoms with Crippen LogP contribution in [0.2, 0.25) is 5.02 Å². The molecule has 4 amide bonds. The topological polar surface area (TPSA) is 104 Å². The number of fused-ring (bicyclic) bond motifs is 4. The van der Waals surface area contributed by atoms with Gasteiger partial charge >= 0.3 is 0 Å². The maximum atomic E-state index is 14.1. The molecule has 1 saturated carbocycles. The van der Waals surface area contributed by atoms with E-state index in [1.54, 1.807) is 19.1 Å². The normalized spacial score (nSPS) is 33.1. The molecule has 4 aliphatic rings. The Morgan fingerprint density at radius 2 is 1.78 bits per heavy atom. The van der Waals surface area contributed by atoms with E-state index >= 15 is 0 Å². The molecule has 0 spiro atoms. The van der Waals surface area contributed by atoms with Crippen molar-refractivity contribution < 1.29 is 28.7 Å². The van der Waals surface area contributed by atoms with Crippen LogP contribution in [0.3, 0.4) is 0 Å². The number of rotatable bonds is 2. The summed E-state index contributed by atoms with van der Waals surface area (Å²) in [6.07, 6.45) is 2.54. The van der Waals surface area contributed by atoms with E-state index in [2.05, 4.69) is 5.32 Å². The van der Waals surface area contributed by atoms with Gasteiger partial charge in [-0.3, -0.25) is 24.5 Å². The molecule has 2 aromatic carbocycles. The highest BCUT2D eigenvalue weighted by molar-refractivity contribution is 6.31. The number of amides is 4. The molecule has 36 heavy (non-hydrogen) atoms. The van der Waals surface area contributed by atoms with Gasteiger partial charge in [-0.25, -0.2) is 9.29 Å². The van der Waals surface area contributed by atoms with Crippen LogP contribution >= 0.6 is 11.6 Å². The van der Waals surface area contributed by atoms with Gasteiger partial charge in [-0.05, 0) is 61.6 Å². The van der Waals surface area contributed by atoms with E-state index in [-0.39, 0.29) is 34.7 Å². The summed E-state index contributed by atoms with van der Waals surface area (Å²) in [7, 11) is 0. The van der Waals surface area contributed by atoms with Crippen molar-refractivity contribution >= 4 is 40.9 Å². The Kier molecular flexibility index (Phi) is 4.92. The zero-order chi connectivity index (χ0) is 25.5. The average Bonchev–Trinajstić information content (AvgIpc) is 3.24. The van der Waals surface area contributed by atoms with Crippen LogP contribution in [0.5, 0.6) is 5.75 Å². The number of carbonyl (C=O) groups excluding carboxylic acids is 4. The fourth-order valence-corrected chi connectivity index (χ4v) is 7.02. The van der Waals surface area contributed by atoms with Gasteiger partial charge in [0, 0.05) is 5.92 Å². The van der Waals surface area contributed by atoms with Gasteiger partial charge in [-0.15, -0.1) is 0 Å². The van der Waals surface area contributed by atoms with Gasteiger partial charge in [-0.1, -0.05) is 35.4 Å². The van der Waals surface area contributed by atoms with Crippen LogP contribution in [0.4, 0.5) is 10.1 Å². The van der Waals surface area contributed by atoms with Gasteiger partial charge in [0.2, 0.25) is 23.6 Å². The minimum atomic E-state index is -1.21. The first-order valence-corrected chi connectivity index (χ1v) is 12.2. The molecule has 6 rings (SSSR count). The van der Waals surface area contributed by atoms with Crippen molar-refractivity contribution in [3.63, 3.8) is 0 Å². The van der Waals surface area contributed by atoms with E-state index in [1.165, 1.54) is 24.3 Å². The van der Waals surface area contributed by atoms with Crippen LogP contribution < -0.4 is 10.2 Å². The second-order valence-electron chi connectivity index (χ2n) is 10.2. The monoisotopic (exact) mass is 508 g/mol. The molecule has 2 saturated heterocycles. The summed E-state index contributed by atoms with van der Waals surface area (Å²) < 4.78 is 13.8. The first-order valence-electron chi connectivity index (χ1n) is 11.8. The van der Waals surface area contributed by atoms with E-state index in [0.717, 1.165) is 22.1 Å². The molecule has 2 heterocycles. The molecule has 6 unspecified atom stereocenters. The van der Waals surface area contributed by atoms with Crippen LogP contribution in [0.15, 0.2) is 54.1 Å². The van der Waals surface area contributed by atoms with E-state index in [9.17, 15) is 28.7 Å². The van der Waals surface area contributed by atoms with E-state index in [0.29, 0.717) is 6.42 Å². The summed E-state index contributed by atoms with van der Waals surface area (Å²) in [5, 5.41) is 12.1. The number of hydrogen-bond donors (Lipinski definition) is 2. The number of phenolic OH excluding ortho intramolecular Hbond substituents is 1. The van der Waals surface area contributed by atoms with E-state index in [1.807, 2.05) is 6.08 Å². The second kappa shape index (κ2) is 7.74. The number of imide groups is 2. The maximum absolute atomic E-state index is 14.1. The van der Waals surface area contributed by atoms with Crippen molar-refractivity contribution in [2.45, 2.75) is 25.7 Å². The lowest BCUT2D eigenvalue weighted by Gasteiger charge is -2.49. The third-order valence-electron chi connectivity index (χ3n) is 8.51. The molecule has 2 aliphatic carbocycles. The summed E-state index contributed by atoms with van der Waals surface area (Å²) >= 11 is 5.97. The number of anilines is 1. The Hall–Kier alpha value is -3.52. The van der Waals surface area contributed by atoms with Gasteiger partial charge in [0.15, 0.2) is 0 Å². The lowest BCUT2D eigenvalue weighted by molar-refractivity contribution is -0.131. The number of halogens is 2. The first kappa shape index (κ1) is 22.9. The summed E-state index contributed by atoms with van der Waals surface area (Å²) in [6, 6.07) is 10.2. The Morgan fingerprint density at radius 1 is 1.06 bits per heavy atom. The highest BCUT2D eigenvalue weighted by atomic mass is 35.5. The second-order valence-corrected chi connectivity index (χ2v) is 10.6. The number of nitrogens with one attached hydrogen (secondary N) is 1. The predicted octanol–water partition coefficient (Wildman–Crippen LogP) is 3.70. The maximum Gasteiger partial charge on any atom is 0.241 e. The molecule has 7 nitrogen and oxygen atoms in total. The first-order chi connectivity index (χ1) is 17.1. The van der Waals surface area contributed by atoms with Crippen LogP contribution in [0, 0.1) is 34.9 Å². The summed E-state index contributed by atoms with van der Waals surface area (Å²) in [5.41, 5.74) is 0.550. The molecule has 184 valence electrons. The van der Waals surface area contributed by atoms with Crippen LogP contribution in [0.1, 0.15) is 31.2 Å². The van der Waals surface area contributed by atoms with Crippen molar-refractivity contribution in [3.05, 3.63) is 70.5 Å². The predicted molar refractivity (Wildman–Crippen MR) is 127 cm³/mol. The number of allylic oxidation sites excluding steroid dienone is 2. The Labute approximate surface area is 210 Å². The van der Waals surface area contributed by atoms with Gasteiger partial charge in [0.05, 0.1) is 33.9 Å². The fourth-order valence-electron chi connectivity index (χ4n) is 6.84. The van der Waals surface area contributed by atoms with Crippen LogP contribution in [-0.4, -0.2) is 28.7 Å². The number of phenols is 1. The molecular weight excluding hydrogens is 487 g/mol. The van der Waals surface area contributed by atoms with E-state index in [4.69, 9.17) is 11.6 Å². The lowest BCUT2D eigenvalue weighted by Crippen LogP contribution is -2.48. The summed E-state index contributed by atoms with van der Waals surface area (Å²) in [6.45, 7) is 1.75. The lowest BCUT2D eigenvalue weighted by atomic mass is 9.51. The molecular formula is C27H22ClFN2O5. The smallest absolute Gasteiger partial charge is 0.241 e. The third-order valence-corrected chi connectivity index (χ3v) is 8.79. The standard InChI is InChI=1S/C27H22ClFN2O5/c1-27-18(25(35)31(26(27)36)13-4-9-20(29)19(28)10-13)11-17-15(22(27)12-2-5-14(32)6-3-12)7-8-16-21(17)24(34)30-23(16)33/h2-7,9-10,16-18,21-22,32H,8,11H2,1H3,(H,30,33,34). The molecule has 0 radical (unpaired) electrons. The molecule has 9 heteroatoms. The summed E-state index contributed by atoms with van der Waals surface area (Å²) in [5.74, 6) is -5.02. The Morgan fingerprint density at radius 3 is 2.47 bits per heavy atom. The molecule has 0 aromatic heterocycles. The number of carbonyl (C=O) groups is 4. The molecule has 2 aliphatic heterocycles. The highest BCUT2D eigenvalue weighted by Crippen LogP contribution is 2.63. The molecule has 2 N–H and O–H groups in total. The number of hydrogen-bond acceptors (Lipinski definition) is 5. The minimum Gasteiger partial charge on any atom is -0.508 e. The van der Waals surface area contributed by atoms with Gasteiger partial charge in [-0.2, -0.15) is 0 Å². The van der Waals surface area contributed by atoms with Crippen molar-refractivity contribution in [2.75, 3.05) is 4.90 Å². The van der Waals surface area contributed by atoms with Crippen LogP contribution in [-0.2, 0) is 19.2 Å². The van der Waals surface area contributed by atoms with Crippen molar-refractivity contribution in [1.29, 1.82) is 0 Å². The number of nitrogens with zero attached hydrogens (tertiary/aromatic N) is 1. The molecule has 3 fully saturated rings. The molecule has 0 bridgehead atoms. The zero-order valence-corrected chi connectivity index (χ0v) is 20.0. The Bertz CT molecular complexity index is 1390. The van der Waals surface area contributed by atoms with Crippen molar-refractivity contribution in [3.8, 4) is 5.75 Å². The van der Waals surface area contributed by atoms with Gasteiger partial charge < -0.3 is 5.11 Å². The van der Waals surface area contributed by atoms with Crippen molar-refractivity contribution in [1.82, 2.24) is 5.32 Å². The van der Waals surface area contributed by atoms with E-state index < -0.39 is 52.6 Å². The molecule has 2 aromatic rings. The zero-order valence-electron chi connectivity index (χ0n) is 19.2. The quantitative estimate of drug-likeness (QED) is 0.475. The molecule has 6 atom stereocenters. The third kappa shape index (κ3) is 2.97. The van der Waals surface area contributed by atoms with Gasteiger partial charge in [0.25, 0.3) is 0 Å². The average molecular weight is 509 g/mol. The van der Waals surface area contributed by atoms with Gasteiger partial charge in [0.1, 0.15) is 11.6 Å². The summed E-state index contributed by atoms with van der Waals surface area (Å²) in [4.78, 5) is 54.3.